The highest BCUT2D eigenvalue weighted by Crippen LogP contribution is 2.32. The molecule has 6 heteroatoms. The van der Waals surface area contributed by atoms with Crippen molar-refractivity contribution in [2.45, 2.75) is 38.5 Å². The van der Waals surface area contributed by atoms with Crippen LogP contribution >= 0.6 is 0 Å². The molecule has 22 heavy (non-hydrogen) atoms. The van der Waals surface area contributed by atoms with Crippen LogP contribution < -0.4 is 5.32 Å². The lowest BCUT2D eigenvalue weighted by molar-refractivity contribution is -0.151. The molecule has 0 spiro atoms. The molecule has 124 valence electrons. The van der Waals surface area contributed by atoms with Crippen LogP contribution in [0.15, 0.2) is 18.2 Å². The first-order chi connectivity index (χ1) is 10.4. The molecule has 1 aromatic carbocycles. The zero-order chi connectivity index (χ0) is 16.2. The number of aliphatic hydroxyl groups excluding tert-OH is 1. The fourth-order valence-corrected chi connectivity index (χ4v) is 2.93. The summed E-state index contributed by atoms with van der Waals surface area (Å²) in [5.41, 5.74) is 3.27. The van der Waals surface area contributed by atoms with E-state index in [1.807, 2.05) is 19.1 Å². The molecule has 2 N–H and O–H groups in total. The van der Waals surface area contributed by atoms with E-state index < -0.39 is 12.7 Å². The van der Waals surface area contributed by atoms with Gasteiger partial charge in [0.2, 0.25) is 0 Å². The fraction of sp³-hybridized carbons (Fsp3) is 0.625. The summed E-state index contributed by atoms with van der Waals surface area (Å²) in [5, 5.41) is 12.0. The number of halogens is 3. The molecule has 1 atom stereocenters. The number of nitrogens with one attached hydrogen (secondary N) is 1. The lowest BCUT2D eigenvalue weighted by atomic mass is 9.92. The van der Waals surface area contributed by atoms with Gasteiger partial charge in [0.25, 0.3) is 0 Å². The summed E-state index contributed by atoms with van der Waals surface area (Å²) in [6.45, 7) is 3.07. The van der Waals surface area contributed by atoms with E-state index in [2.05, 4.69) is 11.4 Å². The second-order valence-corrected chi connectivity index (χ2v) is 5.80. The third kappa shape index (κ3) is 4.69. The average molecular weight is 316 g/mol. The minimum Gasteiger partial charge on any atom is -0.396 e. The Kier molecular flexibility index (Phi) is 5.83. The molecule has 0 radical (unpaired) electrons. The van der Waals surface area contributed by atoms with Crippen LogP contribution in [0.25, 0.3) is 0 Å². The Bertz CT molecular complexity index is 491. The molecule has 1 aliphatic rings. The maximum atomic E-state index is 12.6. The highest BCUT2D eigenvalue weighted by Gasteiger charge is 2.35. The summed E-state index contributed by atoms with van der Waals surface area (Å²) < 4.78 is 37.8. The van der Waals surface area contributed by atoms with Gasteiger partial charge in [-0.05, 0) is 43.0 Å². The van der Waals surface area contributed by atoms with E-state index in [9.17, 15) is 13.2 Å². The third-order valence-corrected chi connectivity index (χ3v) is 4.10. The molecule has 1 unspecified atom stereocenters. The first-order valence-corrected chi connectivity index (χ1v) is 7.65. The van der Waals surface area contributed by atoms with E-state index in [1.165, 1.54) is 4.90 Å². The molecule has 0 amide bonds. The summed E-state index contributed by atoms with van der Waals surface area (Å²) in [6.07, 6.45) is -2.78. The second-order valence-electron chi connectivity index (χ2n) is 5.80. The van der Waals surface area contributed by atoms with Gasteiger partial charge in [0.1, 0.15) is 0 Å². The molecule has 0 bridgehead atoms. The summed E-state index contributed by atoms with van der Waals surface area (Å²) in [4.78, 5) is 1.49. The molecule has 3 nitrogen and oxygen atoms in total. The molecule has 0 saturated carbocycles. The van der Waals surface area contributed by atoms with E-state index in [-0.39, 0.29) is 12.6 Å². The molecular formula is C16H23F3N2O. The van der Waals surface area contributed by atoms with Gasteiger partial charge in [-0.1, -0.05) is 18.2 Å². The van der Waals surface area contributed by atoms with Crippen molar-refractivity contribution in [3.63, 3.8) is 0 Å². The molecule has 0 aromatic heterocycles. The fourth-order valence-electron chi connectivity index (χ4n) is 2.93. The van der Waals surface area contributed by atoms with E-state index >= 15 is 0 Å². The van der Waals surface area contributed by atoms with Gasteiger partial charge in [-0.25, -0.2) is 0 Å². The number of rotatable bonds is 6. The minimum absolute atomic E-state index is 0.170. The van der Waals surface area contributed by atoms with Crippen molar-refractivity contribution in [3.05, 3.63) is 34.9 Å². The number of aliphatic hydroxyl groups is 1. The van der Waals surface area contributed by atoms with Crippen LogP contribution in [-0.4, -0.2) is 42.4 Å². The van der Waals surface area contributed by atoms with Crippen molar-refractivity contribution in [2.24, 2.45) is 0 Å². The van der Waals surface area contributed by atoms with E-state index in [4.69, 9.17) is 5.11 Å². The lowest BCUT2D eigenvalue weighted by Crippen LogP contribution is -2.40. The maximum absolute atomic E-state index is 12.6. The monoisotopic (exact) mass is 316 g/mol. The molecule has 0 fully saturated rings. The van der Waals surface area contributed by atoms with Gasteiger partial charge in [-0.15, -0.1) is 0 Å². The minimum atomic E-state index is -4.15. The van der Waals surface area contributed by atoms with Gasteiger partial charge >= 0.3 is 6.18 Å². The zero-order valence-corrected chi connectivity index (χ0v) is 12.8. The normalized spacial score (nSPS) is 19.2. The number of alkyl halides is 3. The van der Waals surface area contributed by atoms with Crippen molar-refractivity contribution in [3.8, 4) is 0 Å². The van der Waals surface area contributed by atoms with Crippen LogP contribution in [0.2, 0.25) is 0 Å². The van der Waals surface area contributed by atoms with Gasteiger partial charge in [-0.3, -0.25) is 4.90 Å². The Morgan fingerprint density at radius 2 is 2.14 bits per heavy atom. The first-order valence-electron chi connectivity index (χ1n) is 7.65. The molecular weight excluding hydrogens is 293 g/mol. The Morgan fingerprint density at radius 1 is 1.36 bits per heavy atom. The summed E-state index contributed by atoms with van der Waals surface area (Å²) >= 11 is 0. The lowest BCUT2D eigenvalue weighted by Gasteiger charge is -2.35. The molecule has 2 rings (SSSR count). The maximum Gasteiger partial charge on any atom is 0.401 e. The largest absolute Gasteiger partial charge is 0.401 e. The number of fused-ring (bicyclic) bond motifs is 1. The second kappa shape index (κ2) is 7.44. The van der Waals surface area contributed by atoms with Crippen LogP contribution in [0.3, 0.4) is 0 Å². The number of benzene rings is 1. The summed E-state index contributed by atoms with van der Waals surface area (Å²) in [6, 6.07) is 5.80. The smallest absolute Gasteiger partial charge is 0.396 e. The number of hydrogen-bond acceptors (Lipinski definition) is 3. The summed E-state index contributed by atoms with van der Waals surface area (Å²) in [5.74, 6) is 0. The third-order valence-electron chi connectivity index (χ3n) is 4.10. The van der Waals surface area contributed by atoms with Crippen LogP contribution in [-0.2, 0) is 13.0 Å². The van der Waals surface area contributed by atoms with Crippen LogP contribution in [0.1, 0.15) is 36.1 Å². The molecule has 1 aliphatic heterocycles. The zero-order valence-electron chi connectivity index (χ0n) is 12.8. The number of hydrogen-bond donors (Lipinski definition) is 2. The highest BCUT2D eigenvalue weighted by molar-refractivity contribution is 5.36. The Labute approximate surface area is 129 Å². The first kappa shape index (κ1) is 17.2. The predicted octanol–water partition coefficient (Wildman–Crippen LogP) is 2.64. The highest BCUT2D eigenvalue weighted by atomic mass is 19.4. The van der Waals surface area contributed by atoms with Gasteiger partial charge in [-0.2, -0.15) is 13.2 Å². The Morgan fingerprint density at radius 3 is 2.82 bits per heavy atom. The molecule has 1 heterocycles. The molecule has 0 aliphatic carbocycles. The van der Waals surface area contributed by atoms with Crippen LogP contribution in [0, 0.1) is 0 Å². The van der Waals surface area contributed by atoms with Crippen LogP contribution in [0.5, 0.6) is 0 Å². The molecule has 0 saturated heterocycles. The van der Waals surface area contributed by atoms with Gasteiger partial charge in [0.15, 0.2) is 0 Å². The van der Waals surface area contributed by atoms with Crippen molar-refractivity contribution >= 4 is 0 Å². The average Bonchev–Trinajstić information content (AvgIpc) is 2.45. The molecule has 1 aromatic rings. The topological polar surface area (TPSA) is 35.5 Å². The Hall–Kier alpha value is -1.11. The van der Waals surface area contributed by atoms with Crippen LogP contribution in [0.4, 0.5) is 13.2 Å². The van der Waals surface area contributed by atoms with Gasteiger partial charge < -0.3 is 10.4 Å². The van der Waals surface area contributed by atoms with Crippen molar-refractivity contribution < 1.29 is 18.3 Å². The standard InChI is InChI=1S/C16H23F3N2O/c1-12-15-4-3-13(10-20-6-2-8-22)9-14(15)5-7-21(12)11-16(17,18)19/h3-4,9,12,20,22H,2,5-8,10-11H2,1H3. The van der Waals surface area contributed by atoms with Gasteiger partial charge in [0, 0.05) is 25.7 Å². The van der Waals surface area contributed by atoms with Gasteiger partial charge in [0.05, 0.1) is 6.54 Å². The SMILES string of the molecule is CC1c2ccc(CNCCCO)cc2CCN1CC(F)(F)F. The predicted molar refractivity (Wildman–Crippen MR) is 79.6 cm³/mol. The quantitative estimate of drug-likeness (QED) is 0.792. The number of nitrogens with zero attached hydrogens (tertiary/aromatic N) is 1. The van der Waals surface area contributed by atoms with E-state index in [0.29, 0.717) is 25.9 Å². The van der Waals surface area contributed by atoms with Crippen molar-refractivity contribution in [1.82, 2.24) is 10.2 Å². The van der Waals surface area contributed by atoms with Crippen molar-refractivity contribution in [1.29, 1.82) is 0 Å². The van der Waals surface area contributed by atoms with E-state index in [0.717, 1.165) is 23.2 Å². The van der Waals surface area contributed by atoms with Crippen molar-refractivity contribution in [2.75, 3.05) is 26.2 Å². The summed E-state index contributed by atoms with van der Waals surface area (Å²) in [7, 11) is 0. The Balaban J connectivity index is 2.00. The van der Waals surface area contributed by atoms with E-state index in [1.54, 1.807) is 0 Å².